The second kappa shape index (κ2) is 8.09. The first-order chi connectivity index (χ1) is 13.8. The summed E-state index contributed by atoms with van der Waals surface area (Å²) in [5, 5.41) is 18.6. The predicted molar refractivity (Wildman–Crippen MR) is 112 cm³/mol. The fourth-order valence-electron chi connectivity index (χ4n) is 2.82. The largest absolute Gasteiger partial charge is 0.398 e. The van der Waals surface area contributed by atoms with E-state index >= 15 is 0 Å². The van der Waals surface area contributed by atoms with Crippen molar-refractivity contribution in [2.45, 2.75) is 13.8 Å². The number of amides is 1. The Hall–Kier alpha value is -3.76. The Morgan fingerprint density at radius 2 is 1.97 bits per heavy atom. The molecule has 2 aromatic heterocycles. The first-order valence-corrected chi connectivity index (χ1v) is 9.00. The molecule has 8 heteroatoms. The molecule has 0 atom stereocenters. The van der Waals surface area contributed by atoms with E-state index in [4.69, 9.17) is 28.0 Å². The lowest BCUT2D eigenvalue weighted by atomic mass is 10.0. The van der Waals surface area contributed by atoms with Crippen LogP contribution >= 0.6 is 11.6 Å². The van der Waals surface area contributed by atoms with Crippen molar-refractivity contribution in [2.75, 3.05) is 11.1 Å². The van der Waals surface area contributed by atoms with Crippen LogP contribution in [-0.2, 0) is 0 Å². The van der Waals surface area contributed by atoms with Gasteiger partial charge in [-0.05, 0) is 49.2 Å². The van der Waals surface area contributed by atoms with Crippen molar-refractivity contribution in [3.63, 3.8) is 0 Å². The summed E-state index contributed by atoms with van der Waals surface area (Å²) < 4.78 is 0. The number of carbonyl (C=O) groups excluding carboxylic acids is 1. The van der Waals surface area contributed by atoms with E-state index in [0.29, 0.717) is 44.4 Å². The highest BCUT2D eigenvalue weighted by Crippen LogP contribution is 2.22. The highest BCUT2D eigenvalue weighted by atomic mass is 35.5. The summed E-state index contributed by atoms with van der Waals surface area (Å²) >= 11 is 5.99. The number of aromatic nitrogens is 2. The van der Waals surface area contributed by atoms with Gasteiger partial charge in [-0.3, -0.25) is 15.2 Å². The van der Waals surface area contributed by atoms with E-state index in [1.807, 2.05) is 0 Å². The second-order valence-corrected chi connectivity index (χ2v) is 6.88. The minimum Gasteiger partial charge on any atom is -0.398 e. The van der Waals surface area contributed by atoms with E-state index in [1.54, 1.807) is 44.3 Å². The molecule has 0 saturated carbocycles. The monoisotopic (exact) mass is 405 g/mol. The van der Waals surface area contributed by atoms with Gasteiger partial charge in [-0.25, -0.2) is 4.98 Å². The first-order valence-electron chi connectivity index (χ1n) is 8.62. The van der Waals surface area contributed by atoms with Gasteiger partial charge in [0, 0.05) is 30.0 Å². The number of nitriles is 1. The first kappa shape index (κ1) is 20.0. The number of nitrogen functional groups attached to an aromatic ring is 1. The van der Waals surface area contributed by atoms with Crippen LogP contribution in [0, 0.1) is 25.2 Å². The van der Waals surface area contributed by atoms with Crippen molar-refractivity contribution < 1.29 is 10.2 Å². The van der Waals surface area contributed by atoms with E-state index in [9.17, 15) is 4.79 Å². The Bertz CT molecular complexity index is 1180. The van der Waals surface area contributed by atoms with Gasteiger partial charge in [0.15, 0.2) is 0 Å². The zero-order chi connectivity index (χ0) is 21.1. The lowest BCUT2D eigenvalue weighted by Gasteiger charge is -2.11. The summed E-state index contributed by atoms with van der Waals surface area (Å²) in [5.41, 5.74) is 10.6. The molecule has 1 amide bonds. The number of hydrogen-bond acceptors (Lipinski definition) is 5. The number of benzene rings is 1. The molecule has 0 aliphatic heterocycles. The van der Waals surface area contributed by atoms with Gasteiger partial charge < -0.3 is 11.1 Å². The average Bonchev–Trinajstić information content (AvgIpc) is 2.70. The molecule has 2 heterocycles. The molecular weight excluding hydrogens is 388 g/mol. The van der Waals surface area contributed by atoms with Crippen LogP contribution in [0.1, 0.15) is 38.3 Å². The van der Waals surface area contributed by atoms with Gasteiger partial charge in [0.1, 0.15) is 11.8 Å². The maximum Gasteiger partial charge on any atom is 0.274 e. The Morgan fingerprint density at radius 3 is 2.66 bits per heavy atom. The predicted octanol–water partition coefficient (Wildman–Crippen LogP) is 2.05. The molecule has 0 radical (unpaired) electrons. The molecule has 0 spiro atoms. The third kappa shape index (κ3) is 4.08. The number of halogens is 1. The third-order valence-corrected chi connectivity index (χ3v) is 4.80. The highest BCUT2D eigenvalue weighted by molar-refractivity contribution is 6.31. The molecule has 3 aromatic rings. The summed E-state index contributed by atoms with van der Waals surface area (Å²) in [5.74, 6) is -0.395. The number of hydrogen-bond donors (Lipinski definition) is 3. The van der Waals surface area contributed by atoms with Crippen LogP contribution < -0.4 is 16.5 Å². The zero-order valence-corrected chi connectivity index (χ0v) is 16.6. The van der Waals surface area contributed by atoms with Gasteiger partial charge >= 0.3 is 0 Å². The SMILES string of the molecule is Cc1c(C#N)cnc(C(=O)Nc2ccc(N)c(C(=[NH2+])c3cncc(Cl)c3)c2)c1C. The van der Waals surface area contributed by atoms with Crippen molar-refractivity contribution in [3.8, 4) is 6.07 Å². The van der Waals surface area contributed by atoms with Gasteiger partial charge in [-0.2, -0.15) is 5.26 Å². The van der Waals surface area contributed by atoms with Crippen LogP contribution in [0.15, 0.2) is 42.9 Å². The number of carbonyl (C=O) groups is 1. The molecule has 0 unspecified atom stereocenters. The van der Waals surface area contributed by atoms with E-state index in [2.05, 4.69) is 21.4 Å². The molecule has 0 aliphatic rings. The standard InChI is InChI=1S/C21H17ClN6O/c1-11-12(2)20(27-9-14(11)7-23)21(29)28-16-3-4-18(24)17(6-16)19(25)13-5-15(22)10-26-8-13/h3-6,8-10,25H,24H2,1-2H3,(H,28,29)/p+1. The number of pyridine rings is 2. The van der Waals surface area contributed by atoms with Crippen molar-refractivity contribution in [3.05, 3.63) is 81.4 Å². The van der Waals surface area contributed by atoms with Crippen LogP contribution in [0.2, 0.25) is 5.02 Å². The molecule has 0 fully saturated rings. The van der Waals surface area contributed by atoms with Crippen molar-refractivity contribution in [2.24, 2.45) is 0 Å². The van der Waals surface area contributed by atoms with E-state index < -0.39 is 5.91 Å². The molecule has 29 heavy (non-hydrogen) atoms. The van der Waals surface area contributed by atoms with Crippen molar-refractivity contribution in [1.82, 2.24) is 9.97 Å². The summed E-state index contributed by atoms with van der Waals surface area (Å²) in [4.78, 5) is 20.9. The van der Waals surface area contributed by atoms with Gasteiger partial charge in [-0.15, -0.1) is 0 Å². The molecular formula is C21H18ClN6O+. The van der Waals surface area contributed by atoms with Crippen LogP contribution in [0.3, 0.4) is 0 Å². The molecule has 5 N–H and O–H groups in total. The zero-order valence-electron chi connectivity index (χ0n) is 15.8. The summed E-state index contributed by atoms with van der Waals surface area (Å²) in [7, 11) is 0. The number of nitrogens with two attached hydrogens (primary N) is 2. The van der Waals surface area contributed by atoms with Crippen molar-refractivity contribution >= 4 is 34.6 Å². The van der Waals surface area contributed by atoms with E-state index in [-0.39, 0.29) is 5.69 Å². The van der Waals surface area contributed by atoms with Crippen LogP contribution in [0.4, 0.5) is 11.4 Å². The summed E-state index contributed by atoms with van der Waals surface area (Å²) in [6.07, 6.45) is 4.48. The molecule has 7 nitrogen and oxygen atoms in total. The van der Waals surface area contributed by atoms with E-state index in [1.165, 1.54) is 12.4 Å². The smallest absolute Gasteiger partial charge is 0.274 e. The Labute approximate surface area is 172 Å². The molecule has 3 rings (SSSR count). The number of nitrogens with zero attached hydrogens (tertiary/aromatic N) is 3. The number of anilines is 2. The lowest BCUT2D eigenvalue weighted by molar-refractivity contribution is -0.111. The van der Waals surface area contributed by atoms with Crippen LogP contribution in [-0.4, -0.2) is 21.6 Å². The molecule has 0 bridgehead atoms. The molecule has 0 aliphatic carbocycles. The summed E-state index contributed by atoms with van der Waals surface area (Å²) in [6.45, 7) is 3.53. The quantitative estimate of drug-likeness (QED) is 0.451. The topological polar surface area (TPSA) is 130 Å². The maximum atomic E-state index is 12.7. The number of nitrogens with one attached hydrogen (secondary N) is 1. The molecule has 144 valence electrons. The third-order valence-electron chi connectivity index (χ3n) is 4.60. The Kier molecular flexibility index (Phi) is 5.57. The molecule has 0 saturated heterocycles. The summed E-state index contributed by atoms with van der Waals surface area (Å²) in [6, 6.07) is 8.74. The van der Waals surface area contributed by atoms with Crippen molar-refractivity contribution in [1.29, 1.82) is 5.26 Å². The molecule has 1 aromatic carbocycles. The Balaban J connectivity index is 1.91. The fourth-order valence-corrected chi connectivity index (χ4v) is 2.99. The average molecular weight is 406 g/mol. The second-order valence-electron chi connectivity index (χ2n) is 6.44. The fraction of sp³-hybridized carbons (Fsp3) is 0.0952. The van der Waals surface area contributed by atoms with Gasteiger partial charge in [0.05, 0.1) is 21.7 Å². The van der Waals surface area contributed by atoms with Crippen LogP contribution in [0.25, 0.3) is 0 Å². The highest BCUT2D eigenvalue weighted by Gasteiger charge is 2.18. The Morgan fingerprint density at radius 1 is 1.21 bits per heavy atom. The van der Waals surface area contributed by atoms with Gasteiger partial charge in [-0.1, -0.05) is 11.6 Å². The van der Waals surface area contributed by atoms with Gasteiger partial charge in [0.25, 0.3) is 5.91 Å². The van der Waals surface area contributed by atoms with Crippen LogP contribution in [0.5, 0.6) is 0 Å². The normalized spacial score (nSPS) is 10.3. The minimum absolute atomic E-state index is 0.246. The van der Waals surface area contributed by atoms with Gasteiger partial charge in [0.2, 0.25) is 5.71 Å². The van der Waals surface area contributed by atoms with E-state index in [0.717, 1.165) is 5.56 Å². The maximum absolute atomic E-state index is 12.7. The minimum atomic E-state index is -0.395. The lowest BCUT2D eigenvalue weighted by Crippen LogP contribution is -2.41. The number of rotatable bonds is 4.